The molecule has 0 amide bonds. The maximum atomic E-state index is 12.7. The molecule has 1 aromatic rings. The molecule has 0 unspecified atom stereocenters. The summed E-state index contributed by atoms with van der Waals surface area (Å²) in [5.74, 6) is 2.95. The smallest absolute Gasteiger partial charge is 0.251 e. The van der Waals surface area contributed by atoms with E-state index in [-0.39, 0.29) is 12.2 Å². The lowest BCUT2D eigenvalue weighted by Crippen LogP contribution is -2.17. The maximum absolute atomic E-state index is 12.7. The predicted molar refractivity (Wildman–Crippen MR) is 111 cm³/mol. The van der Waals surface area contributed by atoms with E-state index in [2.05, 4.69) is 6.08 Å². The Morgan fingerprint density at radius 2 is 1.39 bits per heavy atom. The normalized spacial score (nSPS) is 28.9. The minimum absolute atomic E-state index is 0.130. The highest BCUT2D eigenvalue weighted by atomic mass is 19.3. The quantitative estimate of drug-likeness (QED) is 0.390. The first-order chi connectivity index (χ1) is 13.7. The number of hydrogen-bond acceptors (Lipinski definition) is 0. The Hall–Kier alpha value is -1.25. The molecule has 0 saturated heterocycles. The van der Waals surface area contributed by atoms with Gasteiger partial charge in [-0.3, -0.25) is 4.39 Å². The van der Waals surface area contributed by atoms with E-state index in [0.29, 0.717) is 18.3 Å². The van der Waals surface area contributed by atoms with Crippen molar-refractivity contribution >= 4 is 0 Å². The molecular weight excluding hydrogens is 357 g/mol. The lowest BCUT2D eigenvalue weighted by Gasteiger charge is -2.31. The molecule has 28 heavy (non-hydrogen) atoms. The summed E-state index contributed by atoms with van der Waals surface area (Å²) in [6.07, 6.45) is 15.3. The van der Waals surface area contributed by atoms with E-state index in [1.807, 2.05) is 18.2 Å². The van der Waals surface area contributed by atoms with Crippen LogP contribution >= 0.6 is 0 Å². The van der Waals surface area contributed by atoms with Gasteiger partial charge in [-0.1, -0.05) is 49.3 Å². The van der Waals surface area contributed by atoms with Gasteiger partial charge in [-0.2, -0.15) is 0 Å². The number of hydrogen-bond donors (Lipinski definition) is 0. The van der Waals surface area contributed by atoms with Gasteiger partial charge in [-0.05, 0) is 87.0 Å². The van der Waals surface area contributed by atoms with E-state index in [0.717, 1.165) is 11.8 Å². The van der Waals surface area contributed by atoms with E-state index in [9.17, 15) is 13.2 Å². The first-order valence-electron chi connectivity index (χ1n) is 11.3. The zero-order valence-corrected chi connectivity index (χ0v) is 17.0. The van der Waals surface area contributed by atoms with Crippen molar-refractivity contribution < 1.29 is 13.2 Å². The number of allylic oxidation sites excluding steroid dienone is 2. The number of alkyl halides is 3. The molecule has 156 valence electrons. The summed E-state index contributed by atoms with van der Waals surface area (Å²) in [4.78, 5) is 0. The molecular formula is C25H35F3. The van der Waals surface area contributed by atoms with E-state index >= 15 is 0 Å². The molecule has 2 saturated carbocycles. The minimum atomic E-state index is -2.37. The molecule has 2 fully saturated rings. The Kier molecular flexibility index (Phi) is 8.48. The van der Waals surface area contributed by atoms with Crippen LogP contribution in [0.25, 0.3) is 0 Å². The van der Waals surface area contributed by atoms with E-state index in [1.54, 1.807) is 12.1 Å². The van der Waals surface area contributed by atoms with Crippen molar-refractivity contribution in [1.29, 1.82) is 0 Å². The van der Waals surface area contributed by atoms with Crippen molar-refractivity contribution in [3.05, 3.63) is 47.5 Å². The molecule has 0 radical (unpaired) electrons. The van der Waals surface area contributed by atoms with Crippen molar-refractivity contribution in [3.63, 3.8) is 0 Å². The summed E-state index contributed by atoms with van der Waals surface area (Å²) in [6.45, 7) is -0.241. The SMILES string of the molecule is FCC/C=C/[C@H]1CC[C@H](CC[C@H]2CC[C@H](c3ccc(C(F)F)cc3)CC2)CC1. The summed E-state index contributed by atoms with van der Waals surface area (Å²) in [7, 11) is 0. The van der Waals surface area contributed by atoms with E-state index in [4.69, 9.17) is 0 Å². The molecule has 2 aliphatic carbocycles. The van der Waals surface area contributed by atoms with Crippen molar-refractivity contribution in [1.82, 2.24) is 0 Å². The second-order valence-electron chi connectivity index (χ2n) is 8.95. The van der Waals surface area contributed by atoms with Crippen LogP contribution in [0.3, 0.4) is 0 Å². The van der Waals surface area contributed by atoms with Gasteiger partial charge in [0, 0.05) is 5.56 Å². The minimum Gasteiger partial charge on any atom is -0.251 e. The molecule has 0 heterocycles. The van der Waals surface area contributed by atoms with Crippen LogP contribution in [0.4, 0.5) is 13.2 Å². The second-order valence-corrected chi connectivity index (χ2v) is 8.95. The van der Waals surface area contributed by atoms with Gasteiger partial charge in [0.2, 0.25) is 0 Å². The molecule has 0 bridgehead atoms. The highest BCUT2D eigenvalue weighted by Crippen LogP contribution is 2.40. The van der Waals surface area contributed by atoms with Gasteiger partial charge in [-0.25, -0.2) is 8.78 Å². The van der Waals surface area contributed by atoms with E-state index < -0.39 is 6.43 Å². The largest absolute Gasteiger partial charge is 0.263 e. The van der Waals surface area contributed by atoms with Gasteiger partial charge < -0.3 is 0 Å². The topological polar surface area (TPSA) is 0 Å². The zero-order valence-electron chi connectivity index (χ0n) is 17.0. The molecule has 1 aromatic carbocycles. The van der Waals surface area contributed by atoms with Gasteiger partial charge in [0.1, 0.15) is 0 Å². The Bertz CT molecular complexity index is 576. The van der Waals surface area contributed by atoms with Crippen molar-refractivity contribution in [2.24, 2.45) is 17.8 Å². The van der Waals surface area contributed by atoms with Crippen LogP contribution in [0.2, 0.25) is 0 Å². The van der Waals surface area contributed by atoms with E-state index in [1.165, 1.54) is 69.8 Å². The average Bonchev–Trinajstić information content (AvgIpc) is 2.74. The Morgan fingerprint density at radius 3 is 1.93 bits per heavy atom. The Morgan fingerprint density at radius 1 is 0.821 bits per heavy atom. The molecule has 0 aliphatic heterocycles. The third kappa shape index (κ3) is 6.39. The zero-order chi connectivity index (χ0) is 19.8. The van der Waals surface area contributed by atoms with Crippen LogP contribution in [0.1, 0.15) is 94.1 Å². The molecule has 0 N–H and O–H groups in total. The fraction of sp³-hybridized carbons (Fsp3) is 0.680. The fourth-order valence-corrected chi connectivity index (χ4v) is 5.19. The number of benzene rings is 1. The predicted octanol–water partition coefficient (Wildman–Crippen LogP) is 8.40. The summed E-state index contributed by atoms with van der Waals surface area (Å²) in [5, 5.41) is 0. The molecule has 2 aliphatic rings. The summed E-state index contributed by atoms with van der Waals surface area (Å²) in [5.41, 5.74) is 1.37. The van der Waals surface area contributed by atoms with Crippen molar-refractivity contribution in [3.8, 4) is 0 Å². The van der Waals surface area contributed by atoms with Crippen LogP contribution in [-0.2, 0) is 0 Å². The lowest BCUT2D eigenvalue weighted by atomic mass is 9.74. The van der Waals surface area contributed by atoms with Crippen LogP contribution in [-0.4, -0.2) is 6.67 Å². The lowest BCUT2D eigenvalue weighted by molar-refractivity contribution is 0.151. The van der Waals surface area contributed by atoms with Crippen molar-refractivity contribution in [2.45, 2.75) is 83.0 Å². The Balaban J connectivity index is 1.34. The number of halogens is 3. The molecule has 0 atom stereocenters. The first kappa shape index (κ1) is 21.5. The standard InChI is InChI=1S/C25H35F3/c26-18-2-1-3-19-4-6-20(7-5-19)8-9-21-10-12-22(13-11-21)23-14-16-24(17-15-23)25(27)28/h1,3,14-17,19-22,25H,2,4-13,18H2/b3-1+/t19-,20-,21-,22-. The molecule has 0 nitrogen and oxygen atoms in total. The third-order valence-corrected chi connectivity index (χ3v) is 7.07. The maximum Gasteiger partial charge on any atom is 0.263 e. The molecule has 0 spiro atoms. The van der Waals surface area contributed by atoms with Gasteiger partial charge in [-0.15, -0.1) is 0 Å². The summed E-state index contributed by atoms with van der Waals surface area (Å²) in [6, 6.07) is 7.00. The van der Waals surface area contributed by atoms with Gasteiger partial charge in [0.05, 0.1) is 6.67 Å². The van der Waals surface area contributed by atoms with Crippen LogP contribution in [0.15, 0.2) is 36.4 Å². The average molecular weight is 393 g/mol. The summed E-state index contributed by atoms with van der Waals surface area (Å²) < 4.78 is 37.6. The van der Waals surface area contributed by atoms with Crippen LogP contribution in [0.5, 0.6) is 0 Å². The van der Waals surface area contributed by atoms with Crippen molar-refractivity contribution in [2.75, 3.05) is 6.67 Å². The monoisotopic (exact) mass is 392 g/mol. The summed E-state index contributed by atoms with van der Waals surface area (Å²) >= 11 is 0. The first-order valence-corrected chi connectivity index (χ1v) is 11.3. The number of rotatable bonds is 8. The van der Waals surface area contributed by atoms with Crippen LogP contribution < -0.4 is 0 Å². The van der Waals surface area contributed by atoms with Crippen LogP contribution in [0, 0.1) is 17.8 Å². The fourth-order valence-electron chi connectivity index (χ4n) is 5.19. The molecule has 0 aromatic heterocycles. The van der Waals surface area contributed by atoms with Gasteiger partial charge in [0.15, 0.2) is 0 Å². The highest BCUT2D eigenvalue weighted by molar-refractivity contribution is 5.26. The third-order valence-electron chi connectivity index (χ3n) is 7.07. The molecule has 3 heteroatoms. The highest BCUT2D eigenvalue weighted by Gasteiger charge is 2.25. The second kappa shape index (κ2) is 11.1. The van der Waals surface area contributed by atoms with Gasteiger partial charge in [0.25, 0.3) is 6.43 Å². The van der Waals surface area contributed by atoms with Gasteiger partial charge >= 0.3 is 0 Å². The molecule has 3 rings (SSSR count). The Labute approximate surface area is 168 Å².